The van der Waals surface area contributed by atoms with Gasteiger partial charge >= 0.3 is 5.97 Å². The number of rotatable bonds is 6. The van der Waals surface area contributed by atoms with Gasteiger partial charge in [-0.3, -0.25) is 14.5 Å². The number of carboxylic acids is 1. The summed E-state index contributed by atoms with van der Waals surface area (Å²) in [6.45, 7) is 0.0193. The molecule has 31 heavy (non-hydrogen) atoms. The molecule has 1 N–H and O–H groups in total. The summed E-state index contributed by atoms with van der Waals surface area (Å²) in [5.74, 6) is -1.69. The zero-order chi connectivity index (χ0) is 22.0. The molecular weight excluding hydrogens is 437 g/mol. The molecule has 156 valence electrons. The highest BCUT2D eigenvalue weighted by molar-refractivity contribution is 8.26. The van der Waals surface area contributed by atoms with E-state index in [1.54, 1.807) is 29.1 Å². The molecule has 0 atom stereocenters. The molecular formula is C22H16FN3O3S2. The summed E-state index contributed by atoms with van der Waals surface area (Å²) < 4.78 is 15.4. The Labute approximate surface area is 187 Å². The number of aromatic nitrogens is 2. The first-order valence-corrected chi connectivity index (χ1v) is 10.5. The van der Waals surface area contributed by atoms with Gasteiger partial charge in [-0.25, -0.2) is 9.07 Å². The molecule has 1 fully saturated rings. The predicted molar refractivity (Wildman–Crippen MR) is 121 cm³/mol. The smallest absolute Gasteiger partial charge is 0.305 e. The molecule has 9 heteroatoms. The minimum atomic E-state index is -0.999. The summed E-state index contributed by atoms with van der Waals surface area (Å²) >= 11 is 6.38. The summed E-state index contributed by atoms with van der Waals surface area (Å²) in [4.78, 5) is 25.3. The number of thioether (sulfide) groups is 1. The van der Waals surface area contributed by atoms with E-state index in [9.17, 15) is 14.0 Å². The molecule has 1 aromatic heterocycles. The first-order valence-electron chi connectivity index (χ1n) is 9.30. The Morgan fingerprint density at radius 2 is 1.87 bits per heavy atom. The van der Waals surface area contributed by atoms with E-state index in [1.807, 2.05) is 30.3 Å². The van der Waals surface area contributed by atoms with Crippen LogP contribution >= 0.6 is 24.0 Å². The quantitative estimate of drug-likeness (QED) is 0.442. The monoisotopic (exact) mass is 453 g/mol. The Kier molecular flexibility index (Phi) is 5.97. The molecule has 3 aromatic rings. The summed E-state index contributed by atoms with van der Waals surface area (Å²) in [7, 11) is 0. The number of amides is 1. The number of para-hydroxylation sites is 1. The molecule has 2 heterocycles. The fraction of sp³-hybridized carbons (Fsp3) is 0.0909. The molecule has 6 nitrogen and oxygen atoms in total. The number of nitrogens with zero attached hydrogens (tertiary/aromatic N) is 3. The number of carboxylic acid groups (broad SMARTS) is 1. The van der Waals surface area contributed by atoms with E-state index in [0.717, 1.165) is 17.4 Å². The Bertz CT molecular complexity index is 1190. The minimum Gasteiger partial charge on any atom is -0.481 e. The number of aliphatic carboxylic acids is 1. The number of hydrogen-bond donors (Lipinski definition) is 1. The van der Waals surface area contributed by atoms with Gasteiger partial charge in [0.25, 0.3) is 5.91 Å². The largest absolute Gasteiger partial charge is 0.481 e. The molecule has 1 saturated heterocycles. The minimum absolute atomic E-state index is 0.0193. The highest BCUT2D eigenvalue weighted by Gasteiger charge is 2.32. The maximum absolute atomic E-state index is 13.4. The van der Waals surface area contributed by atoms with Crippen LogP contribution in [0.3, 0.4) is 0 Å². The molecule has 0 aliphatic carbocycles. The molecule has 0 spiro atoms. The van der Waals surface area contributed by atoms with Gasteiger partial charge in [0, 0.05) is 23.9 Å². The lowest BCUT2D eigenvalue weighted by molar-refractivity contribution is -0.137. The van der Waals surface area contributed by atoms with Crippen molar-refractivity contribution >= 4 is 46.3 Å². The Balaban J connectivity index is 1.74. The van der Waals surface area contributed by atoms with Crippen molar-refractivity contribution in [3.05, 3.63) is 77.1 Å². The van der Waals surface area contributed by atoms with E-state index in [1.165, 1.54) is 17.0 Å². The number of carbonyl (C=O) groups is 2. The van der Waals surface area contributed by atoms with Crippen molar-refractivity contribution in [1.82, 2.24) is 14.7 Å². The van der Waals surface area contributed by atoms with Crippen LogP contribution in [-0.4, -0.2) is 42.5 Å². The van der Waals surface area contributed by atoms with Gasteiger partial charge in [-0.1, -0.05) is 42.2 Å². The third-order valence-electron chi connectivity index (χ3n) is 4.59. The van der Waals surface area contributed by atoms with Crippen molar-refractivity contribution in [2.45, 2.75) is 6.42 Å². The lowest BCUT2D eigenvalue weighted by Crippen LogP contribution is -2.30. The average molecular weight is 454 g/mol. The number of benzene rings is 2. The highest BCUT2D eigenvalue weighted by atomic mass is 32.2. The van der Waals surface area contributed by atoms with Crippen molar-refractivity contribution in [2.24, 2.45) is 0 Å². The van der Waals surface area contributed by atoms with Crippen molar-refractivity contribution in [2.75, 3.05) is 6.54 Å². The predicted octanol–water partition coefficient (Wildman–Crippen LogP) is 4.35. The van der Waals surface area contributed by atoms with Gasteiger partial charge < -0.3 is 5.11 Å². The average Bonchev–Trinajstić information content (AvgIpc) is 3.29. The van der Waals surface area contributed by atoms with Crippen molar-refractivity contribution in [3.8, 4) is 16.9 Å². The molecule has 1 aliphatic heterocycles. The van der Waals surface area contributed by atoms with E-state index in [2.05, 4.69) is 5.10 Å². The van der Waals surface area contributed by atoms with Gasteiger partial charge in [0.15, 0.2) is 0 Å². The lowest BCUT2D eigenvalue weighted by Gasteiger charge is -2.12. The third-order valence-corrected chi connectivity index (χ3v) is 5.97. The third kappa shape index (κ3) is 4.57. The zero-order valence-electron chi connectivity index (χ0n) is 16.1. The fourth-order valence-electron chi connectivity index (χ4n) is 3.08. The maximum Gasteiger partial charge on any atom is 0.305 e. The number of halogens is 1. The van der Waals surface area contributed by atoms with E-state index >= 15 is 0 Å². The fourth-order valence-corrected chi connectivity index (χ4v) is 4.38. The standard InChI is InChI=1S/C22H16FN3O3S2/c23-16-8-6-14(7-9-16)20-15(13-26(24-20)17-4-2-1-3-5-17)12-18-21(29)25(22(30)31-18)11-10-19(27)28/h1-9,12-13H,10-11H2,(H,27,28)/b18-12-. The first kappa shape index (κ1) is 21.0. The Morgan fingerprint density at radius 3 is 2.55 bits per heavy atom. The van der Waals surface area contributed by atoms with Crippen LogP contribution in [0.5, 0.6) is 0 Å². The maximum atomic E-state index is 13.4. The van der Waals surface area contributed by atoms with E-state index in [-0.39, 0.29) is 24.7 Å². The topological polar surface area (TPSA) is 75.4 Å². The van der Waals surface area contributed by atoms with Gasteiger partial charge in [-0.15, -0.1) is 0 Å². The van der Waals surface area contributed by atoms with Crippen molar-refractivity contribution in [1.29, 1.82) is 0 Å². The Hall–Kier alpha value is -3.30. The molecule has 0 radical (unpaired) electrons. The molecule has 2 aromatic carbocycles. The van der Waals surface area contributed by atoms with Crippen LogP contribution in [0.4, 0.5) is 4.39 Å². The van der Waals surface area contributed by atoms with Crippen LogP contribution < -0.4 is 0 Å². The SMILES string of the molecule is O=C(O)CCN1C(=O)/C(=C/c2cn(-c3ccccc3)nc2-c2ccc(F)cc2)SC1=S. The second kappa shape index (κ2) is 8.83. The van der Waals surface area contributed by atoms with Crippen LogP contribution in [0.2, 0.25) is 0 Å². The van der Waals surface area contributed by atoms with E-state index < -0.39 is 5.97 Å². The summed E-state index contributed by atoms with van der Waals surface area (Å²) in [6.07, 6.45) is 3.29. The normalized spacial score (nSPS) is 15.1. The Morgan fingerprint density at radius 1 is 1.16 bits per heavy atom. The molecule has 0 unspecified atom stereocenters. The first-order chi connectivity index (χ1) is 14.9. The van der Waals surface area contributed by atoms with Crippen LogP contribution in [0.25, 0.3) is 23.0 Å². The molecule has 0 saturated carbocycles. The summed E-state index contributed by atoms with van der Waals surface area (Å²) in [5, 5.41) is 13.5. The van der Waals surface area contributed by atoms with Crippen LogP contribution in [0.1, 0.15) is 12.0 Å². The molecule has 4 rings (SSSR count). The molecule has 1 amide bonds. The van der Waals surface area contributed by atoms with Gasteiger partial charge in [0.2, 0.25) is 0 Å². The van der Waals surface area contributed by atoms with E-state index in [0.29, 0.717) is 26.0 Å². The number of carbonyl (C=O) groups excluding carboxylic acids is 1. The van der Waals surface area contributed by atoms with Gasteiger partial charge in [0.05, 0.1) is 22.7 Å². The van der Waals surface area contributed by atoms with Crippen LogP contribution in [-0.2, 0) is 9.59 Å². The number of thiocarbonyl (C=S) groups is 1. The van der Waals surface area contributed by atoms with Crippen molar-refractivity contribution < 1.29 is 19.1 Å². The lowest BCUT2D eigenvalue weighted by atomic mass is 10.1. The number of hydrogen-bond acceptors (Lipinski definition) is 5. The van der Waals surface area contributed by atoms with E-state index in [4.69, 9.17) is 17.3 Å². The molecule has 0 bridgehead atoms. The van der Waals surface area contributed by atoms with Gasteiger partial charge in [-0.2, -0.15) is 5.10 Å². The second-order valence-electron chi connectivity index (χ2n) is 6.70. The van der Waals surface area contributed by atoms with Gasteiger partial charge in [-0.05, 0) is 42.5 Å². The zero-order valence-corrected chi connectivity index (χ0v) is 17.7. The van der Waals surface area contributed by atoms with Crippen LogP contribution in [0.15, 0.2) is 65.7 Å². The summed E-state index contributed by atoms with van der Waals surface area (Å²) in [5.41, 5.74) is 2.78. The van der Waals surface area contributed by atoms with Crippen LogP contribution in [0, 0.1) is 5.82 Å². The van der Waals surface area contributed by atoms with Crippen molar-refractivity contribution in [3.63, 3.8) is 0 Å². The summed E-state index contributed by atoms with van der Waals surface area (Å²) in [6, 6.07) is 15.4. The van der Waals surface area contributed by atoms with Gasteiger partial charge in [0.1, 0.15) is 10.1 Å². The highest BCUT2D eigenvalue weighted by Crippen LogP contribution is 2.35. The molecule has 1 aliphatic rings. The second-order valence-corrected chi connectivity index (χ2v) is 8.37.